The Bertz CT molecular complexity index is 1360. The number of aryl methyl sites for hydroxylation is 3. The molecule has 0 amide bonds. The second-order valence-electron chi connectivity index (χ2n) is 8.41. The Morgan fingerprint density at radius 2 is 1.94 bits per heavy atom. The summed E-state index contributed by atoms with van der Waals surface area (Å²) in [4.78, 5) is 8.59. The van der Waals surface area contributed by atoms with Crippen molar-refractivity contribution in [2.24, 2.45) is 0 Å². The molecule has 1 N–H and O–H groups in total. The van der Waals surface area contributed by atoms with Gasteiger partial charge in [0.05, 0.1) is 12.0 Å². The van der Waals surface area contributed by atoms with E-state index in [9.17, 15) is 9.50 Å². The van der Waals surface area contributed by atoms with Crippen molar-refractivity contribution in [1.82, 2.24) is 24.3 Å². The molecule has 3 heterocycles. The van der Waals surface area contributed by atoms with Crippen LogP contribution in [0.3, 0.4) is 0 Å². The van der Waals surface area contributed by atoms with Gasteiger partial charge in [0.15, 0.2) is 11.7 Å². The minimum absolute atomic E-state index is 0.0839. The first-order chi connectivity index (χ1) is 15.8. The van der Waals surface area contributed by atoms with Crippen molar-refractivity contribution in [3.63, 3.8) is 0 Å². The summed E-state index contributed by atoms with van der Waals surface area (Å²) in [5, 5.41) is 15.6. The molecule has 1 aliphatic rings. The molecule has 0 fully saturated rings. The molecule has 2 aromatic heterocycles. The third kappa shape index (κ3) is 3.87. The Balaban J connectivity index is 1.47. The van der Waals surface area contributed by atoms with Crippen LogP contribution in [-0.2, 0) is 12.1 Å². The zero-order chi connectivity index (χ0) is 23.2. The molecule has 1 atom stereocenters. The SMILES string of the molecule is Cc1cn(-c2ccc(/C=C(\F)c3nc4n(n3)CCC[C@@]4(O)c3ccc(F)cc3)cc2C)cn1. The fourth-order valence-electron chi connectivity index (χ4n) is 4.32. The van der Waals surface area contributed by atoms with Crippen LogP contribution in [0, 0.1) is 19.7 Å². The predicted octanol–water partition coefficient (Wildman–Crippen LogP) is 4.72. The lowest BCUT2D eigenvalue weighted by Gasteiger charge is -2.31. The Morgan fingerprint density at radius 3 is 2.64 bits per heavy atom. The first-order valence-electron chi connectivity index (χ1n) is 10.8. The monoisotopic (exact) mass is 447 g/mol. The third-order valence-corrected chi connectivity index (χ3v) is 5.99. The second-order valence-corrected chi connectivity index (χ2v) is 8.41. The molecule has 0 aliphatic carbocycles. The molecular formula is C25H23F2N5O. The van der Waals surface area contributed by atoms with Crippen LogP contribution in [0.5, 0.6) is 0 Å². The molecule has 1 aliphatic heterocycles. The average Bonchev–Trinajstić information content (AvgIpc) is 3.42. The third-order valence-electron chi connectivity index (χ3n) is 5.99. The minimum Gasteiger partial charge on any atom is -0.377 e. The largest absolute Gasteiger partial charge is 0.377 e. The highest BCUT2D eigenvalue weighted by atomic mass is 19.1. The van der Waals surface area contributed by atoms with Crippen molar-refractivity contribution < 1.29 is 13.9 Å². The van der Waals surface area contributed by atoms with E-state index in [0.29, 0.717) is 30.5 Å². The summed E-state index contributed by atoms with van der Waals surface area (Å²) in [5.74, 6) is -0.803. The highest BCUT2D eigenvalue weighted by Gasteiger charge is 2.40. The van der Waals surface area contributed by atoms with Gasteiger partial charge < -0.3 is 9.67 Å². The summed E-state index contributed by atoms with van der Waals surface area (Å²) in [6.07, 6.45) is 6.10. The number of fused-ring (bicyclic) bond motifs is 1. The van der Waals surface area contributed by atoms with Gasteiger partial charge in [0.1, 0.15) is 11.4 Å². The number of nitrogens with zero attached hydrogens (tertiary/aromatic N) is 5. The number of hydrogen-bond acceptors (Lipinski definition) is 4. The number of imidazole rings is 1. The standard InChI is InChI=1S/C25H23F2N5O/c1-16-12-18(4-9-22(16)31-14-17(2)28-15-31)13-21(27)23-29-24-25(33,10-3-11-32(24)30-23)19-5-7-20(26)8-6-19/h4-9,12-15,33H,3,10-11H2,1-2H3/b21-13-/t25-/m1/s1. The number of benzene rings is 2. The van der Waals surface area contributed by atoms with Gasteiger partial charge in [0.2, 0.25) is 5.82 Å². The van der Waals surface area contributed by atoms with Gasteiger partial charge in [0.25, 0.3) is 0 Å². The van der Waals surface area contributed by atoms with Crippen molar-refractivity contribution in [2.75, 3.05) is 0 Å². The first-order valence-corrected chi connectivity index (χ1v) is 10.8. The van der Waals surface area contributed by atoms with Crippen molar-refractivity contribution in [1.29, 1.82) is 0 Å². The lowest BCUT2D eigenvalue weighted by Crippen LogP contribution is -2.35. The molecule has 168 valence electrons. The molecule has 0 spiro atoms. The van der Waals surface area contributed by atoms with Gasteiger partial charge in [-0.05, 0) is 73.7 Å². The Morgan fingerprint density at radius 1 is 1.15 bits per heavy atom. The fourth-order valence-corrected chi connectivity index (χ4v) is 4.32. The number of hydrogen-bond donors (Lipinski definition) is 1. The van der Waals surface area contributed by atoms with Crippen molar-refractivity contribution >= 4 is 11.9 Å². The van der Waals surface area contributed by atoms with Gasteiger partial charge in [-0.1, -0.05) is 18.2 Å². The van der Waals surface area contributed by atoms with Crippen LogP contribution >= 0.6 is 0 Å². The highest BCUT2D eigenvalue weighted by Crippen LogP contribution is 2.37. The van der Waals surface area contributed by atoms with E-state index in [0.717, 1.165) is 16.9 Å². The summed E-state index contributed by atoms with van der Waals surface area (Å²) in [6, 6.07) is 11.3. The van der Waals surface area contributed by atoms with E-state index in [1.165, 1.54) is 35.0 Å². The number of rotatable bonds is 4. The maximum absolute atomic E-state index is 15.1. The molecule has 0 saturated carbocycles. The topological polar surface area (TPSA) is 68.8 Å². The molecule has 6 nitrogen and oxygen atoms in total. The normalized spacial score (nSPS) is 18.4. The van der Waals surface area contributed by atoms with E-state index in [1.807, 2.05) is 42.8 Å². The molecule has 5 rings (SSSR count). The molecule has 0 saturated heterocycles. The molecule has 8 heteroatoms. The minimum atomic E-state index is -1.45. The number of halogens is 2. The van der Waals surface area contributed by atoms with Crippen molar-refractivity contribution in [2.45, 2.75) is 38.8 Å². The zero-order valence-electron chi connectivity index (χ0n) is 18.3. The summed E-state index contributed by atoms with van der Waals surface area (Å²) in [6.45, 7) is 4.40. The average molecular weight is 447 g/mol. The van der Waals surface area contributed by atoms with Gasteiger partial charge >= 0.3 is 0 Å². The molecule has 0 bridgehead atoms. The smallest absolute Gasteiger partial charge is 0.210 e. The zero-order valence-corrected chi connectivity index (χ0v) is 18.3. The van der Waals surface area contributed by atoms with E-state index >= 15 is 4.39 Å². The van der Waals surface area contributed by atoms with E-state index in [1.54, 1.807) is 6.33 Å². The van der Waals surface area contributed by atoms with E-state index in [-0.39, 0.29) is 11.6 Å². The Labute approximate surface area is 189 Å². The van der Waals surface area contributed by atoms with Gasteiger partial charge in [-0.15, -0.1) is 5.10 Å². The van der Waals surface area contributed by atoms with Crippen LogP contribution in [0.2, 0.25) is 0 Å². The maximum atomic E-state index is 15.1. The maximum Gasteiger partial charge on any atom is 0.210 e. The van der Waals surface area contributed by atoms with Crippen LogP contribution in [0.25, 0.3) is 17.6 Å². The Kier molecular flexibility index (Phi) is 5.17. The van der Waals surface area contributed by atoms with Gasteiger partial charge in [-0.2, -0.15) is 0 Å². The lowest BCUT2D eigenvalue weighted by molar-refractivity contribution is 0.0394. The molecule has 33 heavy (non-hydrogen) atoms. The molecule has 0 unspecified atom stereocenters. The number of aromatic nitrogens is 5. The second kappa shape index (κ2) is 8.04. The summed E-state index contributed by atoms with van der Waals surface area (Å²) >= 11 is 0. The van der Waals surface area contributed by atoms with Crippen molar-refractivity contribution in [3.05, 3.63) is 94.8 Å². The lowest BCUT2D eigenvalue weighted by atomic mass is 9.86. The summed E-state index contributed by atoms with van der Waals surface area (Å²) < 4.78 is 32.0. The van der Waals surface area contributed by atoms with E-state index in [4.69, 9.17) is 0 Å². The van der Waals surface area contributed by atoms with Gasteiger partial charge in [-0.3, -0.25) is 0 Å². The number of aliphatic hydroxyl groups is 1. The quantitative estimate of drug-likeness (QED) is 0.492. The molecule has 4 aromatic rings. The van der Waals surface area contributed by atoms with E-state index < -0.39 is 17.2 Å². The van der Waals surface area contributed by atoms with Crippen molar-refractivity contribution in [3.8, 4) is 5.69 Å². The fraction of sp³-hybridized carbons (Fsp3) is 0.240. The Hall–Kier alpha value is -3.65. The van der Waals surface area contributed by atoms with Gasteiger partial charge in [0, 0.05) is 18.4 Å². The van der Waals surface area contributed by atoms with Crippen LogP contribution in [0.1, 0.15) is 46.9 Å². The summed E-state index contributed by atoms with van der Waals surface area (Å²) in [7, 11) is 0. The first kappa shape index (κ1) is 21.2. The van der Waals surface area contributed by atoms with Gasteiger partial charge in [-0.25, -0.2) is 23.4 Å². The molecule has 2 aromatic carbocycles. The van der Waals surface area contributed by atoms with Crippen LogP contribution in [0.15, 0.2) is 55.0 Å². The molecular weight excluding hydrogens is 424 g/mol. The van der Waals surface area contributed by atoms with Crippen LogP contribution in [0.4, 0.5) is 8.78 Å². The predicted molar refractivity (Wildman–Crippen MR) is 121 cm³/mol. The summed E-state index contributed by atoms with van der Waals surface area (Å²) in [5.41, 5.74) is 2.59. The van der Waals surface area contributed by atoms with E-state index in [2.05, 4.69) is 15.1 Å². The molecule has 0 radical (unpaired) electrons. The highest BCUT2D eigenvalue weighted by molar-refractivity contribution is 5.74. The van der Waals surface area contributed by atoms with Crippen LogP contribution < -0.4 is 0 Å². The van der Waals surface area contributed by atoms with Crippen LogP contribution in [-0.4, -0.2) is 29.4 Å².